The Morgan fingerprint density at radius 2 is 2.00 bits per heavy atom. The third-order valence-electron chi connectivity index (χ3n) is 2.49. The summed E-state index contributed by atoms with van der Waals surface area (Å²) in [6.45, 7) is 0. The molecule has 92 valence electrons. The molecule has 0 saturated carbocycles. The molecule has 1 heterocycles. The van der Waals surface area contributed by atoms with Crippen LogP contribution in [0.25, 0.3) is 0 Å². The summed E-state index contributed by atoms with van der Waals surface area (Å²) in [6.07, 6.45) is 1.62. The van der Waals surface area contributed by atoms with Crippen LogP contribution < -0.4 is 10.7 Å². The Balaban J connectivity index is 2.08. The number of hydrazone groups is 1. The molecular weight excluding hydrogens is 242 g/mol. The molecule has 0 fully saturated rings. The third kappa shape index (κ3) is 2.96. The number of nitrogens with one attached hydrogen (secondary N) is 2. The van der Waals surface area contributed by atoms with Gasteiger partial charge in [0, 0.05) is 11.9 Å². The third-order valence-corrected chi connectivity index (χ3v) is 2.49. The summed E-state index contributed by atoms with van der Waals surface area (Å²) in [4.78, 5) is 11.0. The van der Waals surface area contributed by atoms with Gasteiger partial charge >= 0.3 is 0 Å². The van der Waals surface area contributed by atoms with E-state index in [-0.39, 0.29) is 17.9 Å². The first-order chi connectivity index (χ1) is 9.22. The van der Waals surface area contributed by atoms with E-state index < -0.39 is 0 Å². The second kappa shape index (κ2) is 5.48. The first-order valence-corrected chi connectivity index (χ1v) is 5.45. The molecule has 6 heteroatoms. The van der Waals surface area contributed by atoms with Crippen molar-refractivity contribution < 1.29 is 4.79 Å². The molecule has 2 rings (SSSR count). The summed E-state index contributed by atoms with van der Waals surface area (Å²) in [5.74, 6) is -0.118. The first kappa shape index (κ1) is 12.3. The Morgan fingerprint density at radius 1 is 1.32 bits per heavy atom. The normalized spacial score (nSPS) is 12.7. The molecular formula is C13H9N5O. The zero-order chi connectivity index (χ0) is 13.7. The molecule has 1 aromatic rings. The number of anilines is 1. The van der Waals surface area contributed by atoms with Crippen LogP contribution >= 0.6 is 0 Å². The van der Waals surface area contributed by atoms with Crippen molar-refractivity contribution in [2.75, 3.05) is 5.32 Å². The molecule has 1 amide bonds. The van der Waals surface area contributed by atoms with E-state index in [2.05, 4.69) is 15.8 Å². The van der Waals surface area contributed by atoms with Crippen LogP contribution in [-0.2, 0) is 4.79 Å². The van der Waals surface area contributed by atoms with Gasteiger partial charge in [0.05, 0.1) is 12.1 Å². The highest BCUT2D eigenvalue weighted by Gasteiger charge is 2.15. The van der Waals surface area contributed by atoms with Crippen molar-refractivity contribution >= 4 is 17.3 Å². The minimum Gasteiger partial charge on any atom is -0.360 e. The Bertz CT molecular complexity index is 627. The molecule has 6 nitrogen and oxygen atoms in total. The number of nitriles is 2. The number of hydrogen-bond acceptors (Lipinski definition) is 5. The van der Waals surface area contributed by atoms with Crippen molar-refractivity contribution in [1.29, 1.82) is 10.5 Å². The number of benzene rings is 1. The average Bonchev–Trinajstić information content (AvgIpc) is 2.87. The van der Waals surface area contributed by atoms with Gasteiger partial charge in [-0.2, -0.15) is 15.6 Å². The quantitative estimate of drug-likeness (QED) is 0.789. The molecule has 0 unspecified atom stereocenters. The monoisotopic (exact) mass is 251 g/mol. The van der Waals surface area contributed by atoms with Crippen LogP contribution in [0.3, 0.4) is 0 Å². The second-order valence-electron chi connectivity index (χ2n) is 3.77. The van der Waals surface area contributed by atoms with E-state index in [9.17, 15) is 4.79 Å². The van der Waals surface area contributed by atoms with Crippen molar-refractivity contribution in [2.45, 2.75) is 6.42 Å². The summed E-state index contributed by atoms with van der Waals surface area (Å²) in [6, 6.07) is 10.7. The molecule has 0 spiro atoms. The van der Waals surface area contributed by atoms with Crippen LogP contribution in [0.5, 0.6) is 0 Å². The number of amides is 1. The van der Waals surface area contributed by atoms with Crippen molar-refractivity contribution in [2.24, 2.45) is 5.10 Å². The minimum absolute atomic E-state index is 0.000888. The van der Waals surface area contributed by atoms with Gasteiger partial charge in [-0.25, -0.2) is 5.43 Å². The Labute approximate surface area is 109 Å². The van der Waals surface area contributed by atoms with E-state index in [0.717, 1.165) is 11.3 Å². The largest absolute Gasteiger partial charge is 0.360 e. The molecule has 1 aromatic carbocycles. The van der Waals surface area contributed by atoms with Crippen LogP contribution in [0.1, 0.15) is 12.0 Å². The van der Waals surface area contributed by atoms with E-state index in [1.807, 2.05) is 12.1 Å². The molecule has 1 aliphatic rings. The van der Waals surface area contributed by atoms with Crippen LogP contribution in [-0.4, -0.2) is 11.6 Å². The first-order valence-electron chi connectivity index (χ1n) is 5.45. The molecule has 0 radical (unpaired) electrons. The van der Waals surface area contributed by atoms with Crippen LogP contribution in [0.4, 0.5) is 5.69 Å². The van der Waals surface area contributed by atoms with E-state index in [4.69, 9.17) is 10.5 Å². The highest BCUT2D eigenvalue weighted by atomic mass is 16.2. The number of hydrogen-bond donors (Lipinski definition) is 2. The molecule has 0 saturated heterocycles. The van der Waals surface area contributed by atoms with Gasteiger partial charge in [0.1, 0.15) is 17.7 Å². The SMILES string of the molecule is N#CC(C#N)=CNc1ccc(C2=NNC(=O)C2)cc1. The fourth-order valence-electron chi connectivity index (χ4n) is 1.53. The zero-order valence-corrected chi connectivity index (χ0v) is 9.84. The van der Waals surface area contributed by atoms with Crippen LogP contribution in [0.15, 0.2) is 41.1 Å². The highest BCUT2D eigenvalue weighted by Crippen LogP contribution is 2.13. The van der Waals surface area contributed by atoms with Crippen molar-refractivity contribution in [1.82, 2.24) is 5.43 Å². The summed E-state index contributed by atoms with van der Waals surface area (Å²) in [5, 5.41) is 23.9. The lowest BCUT2D eigenvalue weighted by Gasteiger charge is -2.02. The maximum Gasteiger partial charge on any atom is 0.246 e. The predicted molar refractivity (Wildman–Crippen MR) is 68.7 cm³/mol. The van der Waals surface area contributed by atoms with Crippen LogP contribution in [0.2, 0.25) is 0 Å². The number of nitrogens with zero attached hydrogens (tertiary/aromatic N) is 3. The topological polar surface area (TPSA) is 101 Å². The van der Waals surface area contributed by atoms with E-state index in [1.54, 1.807) is 24.3 Å². The lowest BCUT2D eigenvalue weighted by molar-refractivity contribution is -0.119. The van der Waals surface area contributed by atoms with Crippen molar-refractivity contribution in [3.63, 3.8) is 0 Å². The summed E-state index contributed by atoms with van der Waals surface area (Å²) < 4.78 is 0. The molecule has 0 bridgehead atoms. The molecule has 0 aromatic heterocycles. The summed E-state index contributed by atoms with van der Waals surface area (Å²) >= 11 is 0. The fraction of sp³-hybridized carbons (Fsp3) is 0.0769. The van der Waals surface area contributed by atoms with Crippen molar-refractivity contribution in [3.05, 3.63) is 41.6 Å². The molecule has 2 N–H and O–H groups in total. The number of rotatable bonds is 3. The zero-order valence-electron chi connectivity index (χ0n) is 9.84. The number of carbonyl (C=O) groups excluding carboxylic acids is 1. The maximum atomic E-state index is 11.0. The Hall–Kier alpha value is -3.12. The van der Waals surface area contributed by atoms with E-state index >= 15 is 0 Å². The van der Waals surface area contributed by atoms with Gasteiger partial charge in [0.15, 0.2) is 0 Å². The molecule has 0 aliphatic carbocycles. The van der Waals surface area contributed by atoms with Gasteiger partial charge in [0.25, 0.3) is 0 Å². The van der Waals surface area contributed by atoms with Gasteiger partial charge in [-0.1, -0.05) is 12.1 Å². The predicted octanol–water partition coefficient (Wildman–Crippen LogP) is 1.25. The lowest BCUT2D eigenvalue weighted by atomic mass is 10.1. The summed E-state index contributed by atoms with van der Waals surface area (Å²) in [5.41, 5.74) is 4.68. The Morgan fingerprint density at radius 3 is 2.53 bits per heavy atom. The fourth-order valence-corrected chi connectivity index (χ4v) is 1.53. The second-order valence-corrected chi connectivity index (χ2v) is 3.77. The maximum absolute atomic E-state index is 11.0. The standard InChI is InChI=1S/C13H9N5O/c14-6-9(7-15)8-16-11-3-1-10(2-4-11)12-5-13(19)18-17-12/h1-4,8,16H,5H2,(H,18,19). The highest BCUT2D eigenvalue weighted by molar-refractivity contribution is 6.13. The van der Waals surface area contributed by atoms with Crippen molar-refractivity contribution in [3.8, 4) is 12.1 Å². The average molecular weight is 251 g/mol. The van der Waals surface area contributed by atoms with Gasteiger partial charge in [-0.05, 0) is 17.7 Å². The minimum atomic E-state index is -0.118. The van der Waals surface area contributed by atoms with Gasteiger partial charge in [0.2, 0.25) is 5.91 Å². The van der Waals surface area contributed by atoms with Gasteiger partial charge in [-0.15, -0.1) is 0 Å². The van der Waals surface area contributed by atoms with Gasteiger partial charge < -0.3 is 5.32 Å². The number of allylic oxidation sites excluding steroid dienone is 1. The Kier molecular flexibility index (Phi) is 3.56. The number of carbonyl (C=O) groups is 1. The molecule has 0 atom stereocenters. The molecule has 19 heavy (non-hydrogen) atoms. The van der Waals surface area contributed by atoms with E-state index in [0.29, 0.717) is 5.71 Å². The smallest absolute Gasteiger partial charge is 0.246 e. The van der Waals surface area contributed by atoms with Crippen LogP contribution in [0, 0.1) is 22.7 Å². The van der Waals surface area contributed by atoms with E-state index in [1.165, 1.54) is 6.20 Å². The summed E-state index contributed by atoms with van der Waals surface area (Å²) in [7, 11) is 0. The lowest BCUT2D eigenvalue weighted by Crippen LogP contribution is -2.09. The van der Waals surface area contributed by atoms with Gasteiger partial charge in [-0.3, -0.25) is 4.79 Å². The molecule has 1 aliphatic heterocycles.